The number of methoxy groups -OCH3 is 1. The van der Waals surface area contributed by atoms with Crippen molar-refractivity contribution < 1.29 is 19.1 Å². The molecule has 3 rings (SSSR count). The molecule has 1 fully saturated rings. The Bertz CT molecular complexity index is 615. The molecule has 2 aliphatic rings. The van der Waals surface area contributed by atoms with Gasteiger partial charge in [0, 0.05) is 44.6 Å². The van der Waals surface area contributed by atoms with Gasteiger partial charge in [0.2, 0.25) is 5.91 Å². The van der Waals surface area contributed by atoms with Crippen LogP contribution in [0, 0.1) is 0 Å². The Morgan fingerprint density at radius 1 is 1.48 bits per heavy atom. The van der Waals surface area contributed by atoms with E-state index in [0.29, 0.717) is 38.0 Å². The van der Waals surface area contributed by atoms with E-state index in [1.807, 2.05) is 0 Å². The summed E-state index contributed by atoms with van der Waals surface area (Å²) in [6.07, 6.45) is 2.12. The lowest BCUT2D eigenvalue weighted by Gasteiger charge is -2.25. The lowest BCUT2D eigenvalue weighted by molar-refractivity contribution is -0.124. The van der Waals surface area contributed by atoms with Gasteiger partial charge in [0.25, 0.3) is 5.91 Å². The lowest BCUT2D eigenvalue weighted by atomic mass is 10.2. The van der Waals surface area contributed by atoms with Crippen molar-refractivity contribution >= 4 is 28.3 Å². The fourth-order valence-electron chi connectivity index (χ4n) is 2.96. The van der Waals surface area contributed by atoms with Gasteiger partial charge in [0.05, 0.1) is 18.8 Å². The SMILES string of the molecule is COCCNC(=O)CN1CCc2nc(NC(=O)C3CCCO3)sc2C1. The second-order valence-corrected chi connectivity index (χ2v) is 7.27. The molecule has 138 valence electrons. The van der Waals surface area contributed by atoms with Crippen LogP contribution in [0.3, 0.4) is 0 Å². The Hall–Kier alpha value is -1.55. The molecule has 0 spiro atoms. The van der Waals surface area contributed by atoms with E-state index in [0.717, 1.165) is 36.4 Å². The van der Waals surface area contributed by atoms with Gasteiger partial charge in [-0.15, -0.1) is 11.3 Å². The van der Waals surface area contributed by atoms with Gasteiger partial charge in [-0.25, -0.2) is 4.98 Å². The molecular formula is C16H24N4O4S. The lowest BCUT2D eigenvalue weighted by Crippen LogP contribution is -2.40. The molecule has 1 unspecified atom stereocenters. The molecule has 0 aromatic carbocycles. The number of ether oxygens (including phenoxy) is 2. The van der Waals surface area contributed by atoms with Crippen molar-refractivity contribution in [3.63, 3.8) is 0 Å². The fourth-order valence-corrected chi connectivity index (χ4v) is 4.01. The predicted molar refractivity (Wildman–Crippen MR) is 93.6 cm³/mol. The van der Waals surface area contributed by atoms with E-state index in [-0.39, 0.29) is 17.9 Å². The third-order valence-corrected chi connectivity index (χ3v) is 5.26. The standard InChI is InChI=1S/C16H24N4O4S/c1-23-8-5-17-14(21)10-20-6-4-11-13(9-20)25-16(18-11)19-15(22)12-3-2-7-24-12/h12H,2-10H2,1H3,(H,17,21)(H,18,19,22). The summed E-state index contributed by atoms with van der Waals surface area (Å²) in [5.41, 5.74) is 1.02. The predicted octanol–water partition coefficient (Wildman–Crippen LogP) is 0.381. The van der Waals surface area contributed by atoms with Crippen LogP contribution in [0.15, 0.2) is 0 Å². The number of hydrogen-bond donors (Lipinski definition) is 2. The van der Waals surface area contributed by atoms with Crippen LogP contribution >= 0.6 is 11.3 Å². The first-order chi connectivity index (χ1) is 12.2. The molecule has 2 aliphatic heterocycles. The molecule has 1 aromatic rings. The van der Waals surface area contributed by atoms with Crippen molar-refractivity contribution in [1.82, 2.24) is 15.2 Å². The maximum Gasteiger partial charge on any atom is 0.255 e. The molecule has 9 heteroatoms. The molecule has 1 aromatic heterocycles. The Labute approximate surface area is 150 Å². The van der Waals surface area contributed by atoms with Crippen LogP contribution in [0.25, 0.3) is 0 Å². The van der Waals surface area contributed by atoms with Gasteiger partial charge in [0.1, 0.15) is 6.10 Å². The number of hydrogen-bond acceptors (Lipinski definition) is 7. The van der Waals surface area contributed by atoms with Crippen LogP contribution in [-0.2, 0) is 32.0 Å². The van der Waals surface area contributed by atoms with Crippen LogP contribution in [-0.4, -0.2) is 67.8 Å². The summed E-state index contributed by atoms with van der Waals surface area (Å²) >= 11 is 1.48. The molecule has 2 N–H and O–H groups in total. The summed E-state index contributed by atoms with van der Waals surface area (Å²) in [5.74, 6) is -0.116. The van der Waals surface area contributed by atoms with E-state index in [9.17, 15) is 9.59 Å². The van der Waals surface area contributed by atoms with E-state index >= 15 is 0 Å². The largest absolute Gasteiger partial charge is 0.383 e. The van der Waals surface area contributed by atoms with Crippen molar-refractivity contribution in [3.8, 4) is 0 Å². The minimum atomic E-state index is -0.353. The number of aromatic nitrogens is 1. The van der Waals surface area contributed by atoms with Gasteiger partial charge < -0.3 is 14.8 Å². The molecule has 1 atom stereocenters. The van der Waals surface area contributed by atoms with Crippen LogP contribution in [0.4, 0.5) is 5.13 Å². The van der Waals surface area contributed by atoms with Gasteiger partial charge in [-0.2, -0.15) is 0 Å². The van der Waals surface area contributed by atoms with Crippen LogP contribution in [0.5, 0.6) is 0 Å². The first-order valence-electron chi connectivity index (χ1n) is 8.54. The fraction of sp³-hybridized carbons (Fsp3) is 0.688. The van der Waals surface area contributed by atoms with Crippen molar-refractivity contribution in [1.29, 1.82) is 0 Å². The monoisotopic (exact) mass is 368 g/mol. The average Bonchev–Trinajstić information content (AvgIpc) is 3.23. The number of rotatable bonds is 7. The average molecular weight is 368 g/mol. The molecule has 8 nitrogen and oxygen atoms in total. The second kappa shape index (κ2) is 8.70. The highest BCUT2D eigenvalue weighted by Crippen LogP contribution is 2.28. The molecular weight excluding hydrogens is 344 g/mol. The van der Waals surface area contributed by atoms with E-state index in [4.69, 9.17) is 9.47 Å². The zero-order chi connectivity index (χ0) is 17.6. The Kier molecular flexibility index (Phi) is 6.35. The topological polar surface area (TPSA) is 92.8 Å². The van der Waals surface area contributed by atoms with E-state index in [1.54, 1.807) is 7.11 Å². The zero-order valence-corrected chi connectivity index (χ0v) is 15.2. The van der Waals surface area contributed by atoms with Crippen molar-refractivity contribution in [3.05, 3.63) is 10.6 Å². The molecule has 0 aliphatic carbocycles. The Balaban J connectivity index is 1.50. The highest BCUT2D eigenvalue weighted by molar-refractivity contribution is 7.15. The molecule has 25 heavy (non-hydrogen) atoms. The minimum absolute atomic E-state index is 0.00285. The second-order valence-electron chi connectivity index (χ2n) is 6.18. The van der Waals surface area contributed by atoms with E-state index < -0.39 is 0 Å². The normalized spacial score (nSPS) is 20.3. The molecule has 0 bridgehead atoms. The summed E-state index contributed by atoms with van der Waals surface area (Å²) in [7, 11) is 1.61. The number of fused-ring (bicyclic) bond motifs is 1. The molecule has 2 amide bonds. The van der Waals surface area contributed by atoms with E-state index in [2.05, 4.69) is 20.5 Å². The van der Waals surface area contributed by atoms with Crippen LogP contribution < -0.4 is 10.6 Å². The van der Waals surface area contributed by atoms with Gasteiger partial charge in [-0.1, -0.05) is 0 Å². The summed E-state index contributed by atoms with van der Waals surface area (Å²) in [6.45, 7) is 3.51. The third kappa shape index (κ3) is 4.97. The third-order valence-electron chi connectivity index (χ3n) is 4.26. The first kappa shape index (κ1) is 18.2. The summed E-state index contributed by atoms with van der Waals surface area (Å²) < 4.78 is 10.3. The number of anilines is 1. The summed E-state index contributed by atoms with van der Waals surface area (Å²) in [6, 6.07) is 0. The number of nitrogens with zero attached hydrogens (tertiary/aromatic N) is 2. The number of amides is 2. The molecule has 1 saturated heterocycles. The summed E-state index contributed by atoms with van der Waals surface area (Å²) in [4.78, 5) is 31.7. The number of carbonyl (C=O) groups excluding carboxylic acids is 2. The molecule has 3 heterocycles. The Morgan fingerprint density at radius 3 is 3.12 bits per heavy atom. The Morgan fingerprint density at radius 2 is 2.36 bits per heavy atom. The van der Waals surface area contributed by atoms with E-state index in [1.165, 1.54) is 11.3 Å². The van der Waals surface area contributed by atoms with Gasteiger partial charge in [-0.05, 0) is 12.8 Å². The maximum atomic E-state index is 12.1. The summed E-state index contributed by atoms with van der Waals surface area (Å²) in [5, 5.41) is 6.31. The smallest absolute Gasteiger partial charge is 0.255 e. The van der Waals surface area contributed by atoms with Gasteiger partial charge in [0.15, 0.2) is 5.13 Å². The molecule has 0 radical (unpaired) electrons. The van der Waals surface area contributed by atoms with Crippen molar-refractivity contribution in [2.45, 2.75) is 31.9 Å². The van der Waals surface area contributed by atoms with Crippen LogP contribution in [0.2, 0.25) is 0 Å². The van der Waals surface area contributed by atoms with Gasteiger partial charge >= 0.3 is 0 Å². The number of thiazole rings is 1. The highest BCUT2D eigenvalue weighted by atomic mass is 32.1. The highest BCUT2D eigenvalue weighted by Gasteiger charge is 2.26. The van der Waals surface area contributed by atoms with Crippen molar-refractivity contribution in [2.75, 3.05) is 45.3 Å². The maximum absolute atomic E-state index is 12.1. The first-order valence-corrected chi connectivity index (χ1v) is 9.36. The number of nitrogens with one attached hydrogen (secondary N) is 2. The van der Waals surface area contributed by atoms with Crippen molar-refractivity contribution in [2.24, 2.45) is 0 Å². The quantitative estimate of drug-likeness (QED) is 0.676. The van der Waals surface area contributed by atoms with Crippen LogP contribution in [0.1, 0.15) is 23.4 Å². The minimum Gasteiger partial charge on any atom is -0.383 e. The number of carbonyl (C=O) groups is 2. The van der Waals surface area contributed by atoms with Gasteiger partial charge in [-0.3, -0.25) is 19.8 Å². The zero-order valence-electron chi connectivity index (χ0n) is 14.4. The molecule has 0 saturated carbocycles.